The monoisotopic (exact) mass is 325 g/mol. The number of aliphatic carboxylic acids is 1. The predicted octanol–water partition coefficient (Wildman–Crippen LogP) is 1.92. The van der Waals surface area contributed by atoms with Crippen LogP contribution < -0.4 is 5.32 Å². The predicted molar refractivity (Wildman–Crippen MR) is 86.1 cm³/mol. The van der Waals surface area contributed by atoms with Crippen LogP contribution in [0.3, 0.4) is 0 Å². The Morgan fingerprint density at radius 2 is 2.09 bits per heavy atom. The normalized spacial score (nSPS) is 18.7. The molecular weight excluding hydrogens is 302 g/mol. The van der Waals surface area contributed by atoms with E-state index in [1.165, 1.54) is 0 Å². The average molecular weight is 325 g/mol. The summed E-state index contributed by atoms with van der Waals surface area (Å²) in [5.74, 6) is 0.369. The van der Waals surface area contributed by atoms with Crippen LogP contribution in [0.1, 0.15) is 43.6 Å². The number of carboxylic acid groups (broad SMARTS) is 1. The number of nitrogens with zero attached hydrogens (tertiary/aromatic N) is 2. The number of carbonyl (C=O) groups is 2. The molecule has 1 aliphatic rings. The van der Waals surface area contributed by atoms with Crippen molar-refractivity contribution in [2.24, 2.45) is 0 Å². The SMILES string of the molecule is Cc1cc(C)n(C(C)CC(=O)NC2(C(=O)O)CCSCC2)n1. The van der Waals surface area contributed by atoms with Crippen LogP contribution in [-0.2, 0) is 9.59 Å². The Morgan fingerprint density at radius 1 is 1.45 bits per heavy atom. The van der Waals surface area contributed by atoms with Crippen molar-refractivity contribution in [3.8, 4) is 0 Å². The van der Waals surface area contributed by atoms with E-state index < -0.39 is 11.5 Å². The second-order valence-electron chi connectivity index (χ2n) is 5.97. The zero-order chi connectivity index (χ0) is 16.3. The molecule has 0 spiro atoms. The number of aryl methyl sites for hydroxylation is 2. The lowest BCUT2D eigenvalue weighted by Gasteiger charge is -2.34. The first-order valence-corrected chi connectivity index (χ1v) is 8.64. The molecule has 7 heteroatoms. The lowest BCUT2D eigenvalue weighted by Crippen LogP contribution is -2.56. The molecule has 1 unspecified atom stereocenters. The minimum absolute atomic E-state index is 0.0995. The Hall–Kier alpha value is -1.50. The fourth-order valence-electron chi connectivity index (χ4n) is 2.88. The van der Waals surface area contributed by atoms with E-state index in [2.05, 4.69) is 10.4 Å². The summed E-state index contributed by atoms with van der Waals surface area (Å²) in [6, 6.07) is 1.86. The van der Waals surface area contributed by atoms with Gasteiger partial charge in [-0.2, -0.15) is 16.9 Å². The van der Waals surface area contributed by atoms with Gasteiger partial charge in [-0.3, -0.25) is 9.48 Å². The summed E-state index contributed by atoms with van der Waals surface area (Å²) < 4.78 is 1.82. The molecule has 2 heterocycles. The van der Waals surface area contributed by atoms with Gasteiger partial charge in [0.25, 0.3) is 0 Å². The summed E-state index contributed by atoms with van der Waals surface area (Å²) >= 11 is 1.73. The first-order valence-electron chi connectivity index (χ1n) is 7.49. The third-order valence-electron chi connectivity index (χ3n) is 4.08. The van der Waals surface area contributed by atoms with Crippen LogP contribution in [0, 0.1) is 13.8 Å². The lowest BCUT2D eigenvalue weighted by molar-refractivity contribution is -0.148. The Bertz CT molecular complexity index is 564. The van der Waals surface area contributed by atoms with Crippen LogP contribution in [0.5, 0.6) is 0 Å². The van der Waals surface area contributed by atoms with Gasteiger partial charge < -0.3 is 10.4 Å². The largest absolute Gasteiger partial charge is 0.480 e. The van der Waals surface area contributed by atoms with Crippen LogP contribution in [0.25, 0.3) is 0 Å². The third-order valence-corrected chi connectivity index (χ3v) is 5.06. The highest BCUT2D eigenvalue weighted by Gasteiger charge is 2.41. The average Bonchev–Trinajstić information content (AvgIpc) is 2.78. The molecule has 2 rings (SSSR count). The Morgan fingerprint density at radius 3 is 2.59 bits per heavy atom. The highest BCUT2D eigenvalue weighted by molar-refractivity contribution is 7.99. The maximum absolute atomic E-state index is 12.3. The summed E-state index contributed by atoms with van der Waals surface area (Å²) in [4.78, 5) is 23.9. The smallest absolute Gasteiger partial charge is 0.329 e. The molecule has 1 aliphatic heterocycles. The van der Waals surface area contributed by atoms with Gasteiger partial charge in [-0.05, 0) is 51.2 Å². The number of aromatic nitrogens is 2. The van der Waals surface area contributed by atoms with Crippen molar-refractivity contribution in [3.05, 3.63) is 17.5 Å². The molecule has 0 aromatic carbocycles. The van der Waals surface area contributed by atoms with Crippen molar-refractivity contribution in [1.29, 1.82) is 0 Å². The van der Waals surface area contributed by atoms with E-state index in [0.29, 0.717) is 12.8 Å². The molecule has 1 aromatic rings. The quantitative estimate of drug-likeness (QED) is 0.864. The van der Waals surface area contributed by atoms with Crippen molar-refractivity contribution in [2.45, 2.75) is 51.6 Å². The van der Waals surface area contributed by atoms with E-state index in [-0.39, 0.29) is 18.4 Å². The molecule has 122 valence electrons. The van der Waals surface area contributed by atoms with Gasteiger partial charge in [-0.1, -0.05) is 0 Å². The second kappa shape index (κ2) is 6.73. The summed E-state index contributed by atoms with van der Waals surface area (Å²) in [5.41, 5.74) is 0.813. The van der Waals surface area contributed by atoms with Crippen LogP contribution in [-0.4, -0.2) is 43.8 Å². The molecule has 1 fully saturated rings. The van der Waals surface area contributed by atoms with Gasteiger partial charge in [0.05, 0.1) is 11.7 Å². The second-order valence-corrected chi connectivity index (χ2v) is 7.20. The van der Waals surface area contributed by atoms with Crippen molar-refractivity contribution >= 4 is 23.6 Å². The van der Waals surface area contributed by atoms with E-state index in [0.717, 1.165) is 22.9 Å². The maximum Gasteiger partial charge on any atom is 0.329 e. The highest BCUT2D eigenvalue weighted by Crippen LogP contribution is 2.28. The molecule has 1 saturated heterocycles. The van der Waals surface area contributed by atoms with E-state index in [4.69, 9.17) is 0 Å². The molecule has 1 aromatic heterocycles. The first kappa shape index (κ1) is 16.9. The van der Waals surface area contributed by atoms with Gasteiger partial charge in [0, 0.05) is 12.1 Å². The molecule has 0 saturated carbocycles. The molecule has 22 heavy (non-hydrogen) atoms. The zero-order valence-electron chi connectivity index (χ0n) is 13.3. The van der Waals surface area contributed by atoms with Gasteiger partial charge >= 0.3 is 5.97 Å². The number of rotatable bonds is 5. The zero-order valence-corrected chi connectivity index (χ0v) is 14.1. The number of nitrogens with one attached hydrogen (secondary N) is 1. The van der Waals surface area contributed by atoms with E-state index >= 15 is 0 Å². The number of thioether (sulfide) groups is 1. The fourth-order valence-corrected chi connectivity index (χ4v) is 4.07. The maximum atomic E-state index is 12.3. The molecule has 1 amide bonds. The highest BCUT2D eigenvalue weighted by atomic mass is 32.2. The standard InChI is InChI=1S/C15H23N3O3S/c1-10-8-11(2)18(17-10)12(3)9-13(19)16-15(14(20)21)4-6-22-7-5-15/h8,12H,4-7,9H2,1-3H3,(H,16,19)(H,20,21). The van der Waals surface area contributed by atoms with Crippen molar-refractivity contribution in [1.82, 2.24) is 15.1 Å². The molecule has 6 nitrogen and oxygen atoms in total. The molecule has 0 aliphatic carbocycles. The molecule has 0 radical (unpaired) electrons. The van der Waals surface area contributed by atoms with E-state index in [1.54, 1.807) is 11.8 Å². The van der Waals surface area contributed by atoms with Crippen molar-refractivity contribution in [3.63, 3.8) is 0 Å². The van der Waals surface area contributed by atoms with Crippen LogP contribution >= 0.6 is 11.8 Å². The molecule has 2 N–H and O–H groups in total. The van der Waals surface area contributed by atoms with Crippen molar-refractivity contribution < 1.29 is 14.7 Å². The Balaban J connectivity index is 2.02. The van der Waals surface area contributed by atoms with Crippen LogP contribution in [0.2, 0.25) is 0 Å². The Kier molecular flexibility index (Phi) is 5.16. The number of carboxylic acids is 1. The summed E-state index contributed by atoms with van der Waals surface area (Å²) in [6.07, 6.45) is 1.18. The third kappa shape index (κ3) is 3.63. The lowest BCUT2D eigenvalue weighted by atomic mass is 9.92. The summed E-state index contributed by atoms with van der Waals surface area (Å²) in [5, 5.41) is 16.6. The van der Waals surface area contributed by atoms with E-state index in [1.807, 2.05) is 31.5 Å². The Labute approximate surface area is 134 Å². The first-order chi connectivity index (χ1) is 10.3. The van der Waals surface area contributed by atoms with Gasteiger partial charge in [-0.25, -0.2) is 4.79 Å². The van der Waals surface area contributed by atoms with Crippen LogP contribution in [0.4, 0.5) is 0 Å². The van der Waals surface area contributed by atoms with Gasteiger partial charge in [0.15, 0.2) is 0 Å². The van der Waals surface area contributed by atoms with E-state index in [9.17, 15) is 14.7 Å². The van der Waals surface area contributed by atoms with Crippen LogP contribution in [0.15, 0.2) is 6.07 Å². The topological polar surface area (TPSA) is 84.2 Å². The van der Waals surface area contributed by atoms with Gasteiger partial charge in [0.1, 0.15) is 5.54 Å². The van der Waals surface area contributed by atoms with Gasteiger partial charge in [-0.15, -0.1) is 0 Å². The summed E-state index contributed by atoms with van der Waals surface area (Å²) in [6.45, 7) is 5.78. The minimum Gasteiger partial charge on any atom is -0.480 e. The molecule has 0 bridgehead atoms. The number of amides is 1. The summed E-state index contributed by atoms with van der Waals surface area (Å²) in [7, 11) is 0. The molecular formula is C15H23N3O3S. The molecule has 1 atom stereocenters. The fraction of sp³-hybridized carbons (Fsp3) is 0.667. The van der Waals surface area contributed by atoms with Crippen molar-refractivity contribution in [2.75, 3.05) is 11.5 Å². The minimum atomic E-state index is -1.10. The number of carbonyl (C=O) groups excluding carboxylic acids is 1. The van der Waals surface area contributed by atoms with Gasteiger partial charge in [0.2, 0.25) is 5.91 Å². The number of hydrogen-bond acceptors (Lipinski definition) is 4. The number of hydrogen-bond donors (Lipinski definition) is 2.